The maximum atomic E-state index is 10.6. The molecule has 0 aromatic carbocycles. The van der Waals surface area contributed by atoms with Gasteiger partial charge in [0, 0.05) is 0 Å². The summed E-state index contributed by atoms with van der Waals surface area (Å²) in [6, 6.07) is 0.142. The van der Waals surface area contributed by atoms with Gasteiger partial charge in [-0.1, -0.05) is 53.4 Å². The molecule has 7 heteroatoms. The van der Waals surface area contributed by atoms with Crippen molar-refractivity contribution in [3.63, 3.8) is 0 Å². The van der Waals surface area contributed by atoms with Crippen LogP contribution < -0.4 is 0 Å². The minimum Gasteiger partial charge on any atom is -0.677 e. The summed E-state index contributed by atoms with van der Waals surface area (Å²) in [6.45, 7) is 10.9. The summed E-state index contributed by atoms with van der Waals surface area (Å²) in [6.07, 6.45) is 6.50. The van der Waals surface area contributed by atoms with E-state index in [1.165, 1.54) is 19.3 Å². The topological polar surface area (TPSA) is 102 Å². The van der Waals surface area contributed by atoms with Gasteiger partial charge in [-0.2, -0.15) is 12.0 Å². The number of nitrogens with zero attached hydrogens (tertiary/aromatic N) is 1. The predicted molar refractivity (Wildman–Crippen MR) is 103 cm³/mol. The van der Waals surface area contributed by atoms with E-state index < -0.39 is 17.9 Å². The summed E-state index contributed by atoms with van der Waals surface area (Å²) in [5.41, 5.74) is 7.42. The van der Waals surface area contributed by atoms with Gasteiger partial charge in [0.25, 0.3) is 0 Å². The number of hydrogen-bond donors (Lipinski definition) is 2. The first-order chi connectivity index (χ1) is 11.3. The molecule has 0 radical (unpaired) electrons. The van der Waals surface area contributed by atoms with E-state index in [4.69, 9.17) is 15.9 Å². The Labute approximate surface area is 174 Å². The van der Waals surface area contributed by atoms with Crippen molar-refractivity contribution < 1.29 is 40.9 Å². The minimum absolute atomic E-state index is 0. The van der Waals surface area contributed by atoms with Gasteiger partial charge in [-0.05, 0) is 32.5 Å². The molecule has 0 amide bonds. The fourth-order valence-corrected chi connectivity index (χ4v) is 2.78. The third kappa shape index (κ3) is 13.7. The Morgan fingerprint density at radius 3 is 1.96 bits per heavy atom. The molecule has 1 fully saturated rings. The van der Waals surface area contributed by atoms with E-state index in [1.54, 1.807) is 0 Å². The molecular weight excluding hydrogens is 515 g/mol. The van der Waals surface area contributed by atoms with Crippen molar-refractivity contribution in [1.82, 2.24) is 4.90 Å². The van der Waals surface area contributed by atoms with Crippen LogP contribution in [0.5, 0.6) is 0 Å². The number of carbonyl (C=O) groups is 2. The van der Waals surface area contributed by atoms with Crippen LogP contribution in [0.4, 0.5) is 0 Å². The Kier molecular flexibility index (Phi) is 20.9. The summed E-state index contributed by atoms with van der Waals surface area (Å²) in [4.78, 5) is 23.4. The molecule has 3 N–H and O–H groups in total. The van der Waals surface area contributed by atoms with Crippen molar-refractivity contribution in [1.29, 1.82) is 0 Å². The van der Waals surface area contributed by atoms with Crippen molar-refractivity contribution in [2.75, 3.05) is 19.6 Å². The molecule has 6 nitrogen and oxygen atoms in total. The molecule has 158 valence electrons. The second-order valence-electron chi connectivity index (χ2n) is 6.40. The summed E-state index contributed by atoms with van der Waals surface area (Å²) in [5.74, 6) is -3.31. The Morgan fingerprint density at radius 1 is 1.12 bits per heavy atom. The Bertz CT molecular complexity index is 341. The number of unbranched alkanes of at least 4 members (excludes halogenated alkanes) is 1. The fourth-order valence-electron chi connectivity index (χ4n) is 2.78. The second-order valence-corrected chi connectivity index (χ2v) is 6.40. The Hall–Kier alpha value is -0.452. The van der Waals surface area contributed by atoms with E-state index in [-0.39, 0.29) is 41.0 Å². The van der Waals surface area contributed by atoms with Crippen LogP contribution in [-0.2, 0) is 30.7 Å². The minimum atomic E-state index is -1.25. The van der Waals surface area contributed by atoms with E-state index in [9.17, 15) is 9.59 Å². The summed E-state index contributed by atoms with van der Waals surface area (Å²) in [5, 5.41) is 17.3. The van der Waals surface area contributed by atoms with E-state index in [0.29, 0.717) is 12.3 Å². The molecule has 0 spiro atoms. The van der Waals surface area contributed by atoms with Crippen molar-refractivity contribution in [2.45, 2.75) is 72.3 Å². The van der Waals surface area contributed by atoms with Crippen molar-refractivity contribution in [3.8, 4) is 0 Å². The van der Waals surface area contributed by atoms with Gasteiger partial charge < -0.3 is 27.8 Å². The zero-order valence-electron chi connectivity index (χ0n) is 15.5. The van der Waals surface area contributed by atoms with Crippen molar-refractivity contribution in [2.24, 2.45) is 11.8 Å². The normalized spacial score (nSPS) is 19.0. The van der Waals surface area contributed by atoms with E-state index in [0.717, 1.165) is 32.5 Å². The molecule has 1 aliphatic carbocycles. The van der Waals surface area contributed by atoms with Gasteiger partial charge >= 0.3 is 33.0 Å². The van der Waals surface area contributed by atoms with Gasteiger partial charge in [0.1, 0.15) is 0 Å². The monoisotopic (exact) mass is 553 g/mol. The van der Waals surface area contributed by atoms with Crippen molar-refractivity contribution in [3.05, 3.63) is 12.7 Å². The third-order valence-electron chi connectivity index (χ3n) is 4.62. The maximum Gasteiger partial charge on any atom is 2.00 e. The number of hydrogen-bond acceptors (Lipinski definition) is 3. The van der Waals surface area contributed by atoms with Crippen molar-refractivity contribution >= 4 is 11.9 Å². The van der Waals surface area contributed by atoms with Gasteiger partial charge in [-0.15, -0.1) is 0 Å². The first kappa shape index (κ1) is 30.3. The maximum absolute atomic E-state index is 10.6. The van der Waals surface area contributed by atoms with Gasteiger partial charge in [-0.25, -0.2) is 0 Å². The molecule has 0 aromatic heterocycles. The molecular formula is C19H38N2O4Pt. The first-order valence-electron chi connectivity index (χ1n) is 9.05. The standard InChI is InChI=1S/C11H21NO4.C7H13N.CH4.Pt/c1-3-12(4-2)8-6-5-7-9(10(13)14)11(15)16;1-6-4-2-3-5-7(6)8;;/h9H,3-8H2,1-2H3,(H,13,14)(H,15,16);6-8H,1-5H2;1H4;/q;-2;;+2. The third-order valence-corrected chi connectivity index (χ3v) is 4.62. The number of nitrogens with one attached hydrogen (secondary N) is 1. The molecule has 0 saturated heterocycles. The SMILES string of the molecule is C.CCN(CC)CCCCC(C(=O)O)C(=O)O.[CH2-]C1CCCCC1[NH-].[Pt+2]. The zero-order valence-corrected chi connectivity index (χ0v) is 17.8. The smallest absolute Gasteiger partial charge is 0.677 e. The fraction of sp³-hybridized carbons (Fsp3) is 0.842. The van der Waals surface area contributed by atoms with Crippen LogP contribution in [-0.4, -0.2) is 52.7 Å². The van der Waals surface area contributed by atoms with Crippen LogP contribution >= 0.6 is 0 Å². The molecule has 0 heterocycles. The summed E-state index contributed by atoms with van der Waals surface area (Å²) < 4.78 is 0. The Balaban J connectivity index is -0.000000447. The van der Waals surface area contributed by atoms with Crippen LogP contribution in [0.25, 0.3) is 5.73 Å². The molecule has 0 aliphatic heterocycles. The molecule has 2 atom stereocenters. The van der Waals surface area contributed by atoms with Gasteiger partial charge in [0.2, 0.25) is 0 Å². The summed E-state index contributed by atoms with van der Waals surface area (Å²) >= 11 is 0. The van der Waals surface area contributed by atoms with E-state index in [1.807, 2.05) is 0 Å². The second kappa shape index (κ2) is 17.9. The van der Waals surface area contributed by atoms with Crippen LogP contribution in [0.15, 0.2) is 0 Å². The average Bonchev–Trinajstić information content (AvgIpc) is 2.53. The molecule has 1 aliphatic rings. The quantitative estimate of drug-likeness (QED) is 0.251. The average molecular weight is 554 g/mol. The van der Waals surface area contributed by atoms with Crippen LogP contribution in [0.2, 0.25) is 0 Å². The summed E-state index contributed by atoms with van der Waals surface area (Å²) in [7, 11) is 0. The van der Waals surface area contributed by atoms with E-state index in [2.05, 4.69) is 25.7 Å². The first-order valence-corrected chi connectivity index (χ1v) is 9.05. The van der Waals surface area contributed by atoms with Crippen LogP contribution in [0.1, 0.15) is 66.2 Å². The predicted octanol–water partition coefficient (Wildman–Crippen LogP) is 4.35. The van der Waals surface area contributed by atoms with E-state index >= 15 is 0 Å². The molecule has 26 heavy (non-hydrogen) atoms. The number of aliphatic carboxylic acids is 2. The molecule has 0 aromatic rings. The zero-order chi connectivity index (χ0) is 18.5. The van der Waals surface area contributed by atoms with Crippen LogP contribution in [0.3, 0.4) is 0 Å². The number of carboxylic acids is 2. The molecule has 0 bridgehead atoms. The number of rotatable bonds is 9. The molecule has 1 saturated carbocycles. The van der Waals surface area contributed by atoms with Gasteiger partial charge in [-0.3, -0.25) is 9.59 Å². The van der Waals surface area contributed by atoms with Gasteiger partial charge in [0.15, 0.2) is 5.92 Å². The largest absolute Gasteiger partial charge is 2.00 e. The molecule has 2 unspecified atom stereocenters. The Morgan fingerprint density at radius 2 is 1.62 bits per heavy atom. The van der Waals surface area contributed by atoms with Crippen LogP contribution in [0, 0.1) is 18.8 Å². The van der Waals surface area contributed by atoms with Gasteiger partial charge in [0.05, 0.1) is 0 Å². The molecule has 1 rings (SSSR count). The number of carboxylic acid groups (broad SMARTS) is 2.